The average Bonchev–Trinajstić information content (AvgIpc) is 3.09. The van der Waals surface area contributed by atoms with Crippen LogP contribution in [-0.4, -0.2) is 70.8 Å². The van der Waals surface area contributed by atoms with Crippen LogP contribution in [0.15, 0.2) is 24.3 Å². The molecule has 1 aromatic rings. The Labute approximate surface area is 144 Å². The number of hydrogen-bond donors (Lipinski definition) is 1. The van der Waals surface area contributed by atoms with E-state index in [2.05, 4.69) is 5.32 Å². The van der Waals surface area contributed by atoms with Gasteiger partial charge in [-0.15, -0.1) is 0 Å². The molecule has 4 rings (SSSR count). The minimum Gasteiger partial charge on any atom is -0.329 e. The molecule has 8 heteroatoms. The standard InChI is InChI=1S/C17H19FN4O3/c18-11-3-1-4-12(9-11)19-17(25)20-7-8-22-14(10-20)16(24)21-6-2-5-13(21)15(22)23/h1,3-4,9,13-14H,2,5-8,10H2,(H,19,25)/t13-,14+/m0/s1. The van der Waals surface area contributed by atoms with Gasteiger partial charge in [0.15, 0.2) is 0 Å². The van der Waals surface area contributed by atoms with Crippen molar-refractivity contribution in [1.29, 1.82) is 0 Å². The molecular weight excluding hydrogens is 327 g/mol. The maximum atomic E-state index is 13.2. The van der Waals surface area contributed by atoms with Gasteiger partial charge in [0, 0.05) is 25.3 Å². The molecular formula is C17H19FN4O3. The van der Waals surface area contributed by atoms with Crippen LogP contribution >= 0.6 is 0 Å². The first-order valence-corrected chi connectivity index (χ1v) is 8.47. The number of nitrogens with one attached hydrogen (secondary N) is 1. The third-order valence-electron chi connectivity index (χ3n) is 5.13. The number of carbonyl (C=O) groups excluding carboxylic acids is 3. The molecule has 0 unspecified atom stereocenters. The molecule has 0 aromatic heterocycles. The van der Waals surface area contributed by atoms with Crippen molar-refractivity contribution in [3.63, 3.8) is 0 Å². The Morgan fingerprint density at radius 3 is 2.64 bits per heavy atom. The second-order valence-electron chi connectivity index (χ2n) is 6.62. The zero-order chi connectivity index (χ0) is 17.6. The van der Waals surface area contributed by atoms with Gasteiger partial charge in [-0.2, -0.15) is 0 Å². The lowest BCUT2D eigenvalue weighted by atomic mass is 10.0. The summed E-state index contributed by atoms with van der Waals surface area (Å²) >= 11 is 0. The van der Waals surface area contributed by atoms with E-state index < -0.39 is 17.9 Å². The van der Waals surface area contributed by atoms with Crippen molar-refractivity contribution in [1.82, 2.24) is 14.7 Å². The smallest absolute Gasteiger partial charge is 0.321 e. The van der Waals surface area contributed by atoms with Crippen molar-refractivity contribution in [2.45, 2.75) is 24.9 Å². The van der Waals surface area contributed by atoms with Crippen LogP contribution in [0.4, 0.5) is 14.9 Å². The molecule has 7 nitrogen and oxygen atoms in total. The van der Waals surface area contributed by atoms with Gasteiger partial charge in [0.1, 0.15) is 17.9 Å². The number of benzene rings is 1. The summed E-state index contributed by atoms with van der Waals surface area (Å²) in [7, 11) is 0. The Bertz CT molecular complexity index is 740. The van der Waals surface area contributed by atoms with E-state index in [9.17, 15) is 18.8 Å². The predicted octanol–water partition coefficient (Wildman–Crippen LogP) is 0.875. The highest BCUT2D eigenvalue weighted by atomic mass is 19.1. The molecule has 25 heavy (non-hydrogen) atoms. The Balaban J connectivity index is 1.47. The molecule has 3 aliphatic heterocycles. The van der Waals surface area contributed by atoms with Gasteiger partial charge in [0.25, 0.3) is 0 Å². The van der Waals surface area contributed by atoms with Crippen LogP contribution < -0.4 is 5.32 Å². The number of piperazine rings is 2. The lowest BCUT2D eigenvalue weighted by molar-refractivity contribution is -0.162. The maximum absolute atomic E-state index is 13.2. The van der Waals surface area contributed by atoms with Crippen LogP contribution in [0.1, 0.15) is 12.8 Å². The molecule has 1 aromatic carbocycles. The lowest BCUT2D eigenvalue weighted by Crippen LogP contribution is -2.69. The number of fused-ring (bicyclic) bond motifs is 2. The van der Waals surface area contributed by atoms with Gasteiger partial charge in [0.2, 0.25) is 11.8 Å². The van der Waals surface area contributed by atoms with Crippen molar-refractivity contribution in [2.75, 3.05) is 31.5 Å². The molecule has 3 heterocycles. The summed E-state index contributed by atoms with van der Waals surface area (Å²) < 4.78 is 13.2. The summed E-state index contributed by atoms with van der Waals surface area (Å²) in [6.45, 7) is 1.46. The van der Waals surface area contributed by atoms with E-state index in [4.69, 9.17) is 0 Å². The Hall–Kier alpha value is -2.64. The SMILES string of the molecule is O=C(Nc1cccc(F)c1)N1CCN2C(=O)[C@@H]3CCCN3C(=O)[C@H]2C1. The molecule has 0 spiro atoms. The number of urea groups is 1. The summed E-state index contributed by atoms with van der Waals surface area (Å²) in [5.41, 5.74) is 0.359. The molecule has 4 amide bonds. The molecule has 3 saturated heterocycles. The fourth-order valence-corrected chi connectivity index (χ4v) is 3.88. The first-order chi connectivity index (χ1) is 12.0. The molecule has 132 valence electrons. The Morgan fingerprint density at radius 1 is 1.08 bits per heavy atom. The summed E-state index contributed by atoms with van der Waals surface area (Å²) in [5.74, 6) is -0.520. The molecule has 0 saturated carbocycles. The first-order valence-electron chi connectivity index (χ1n) is 8.47. The molecule has 2 atom stereocenters. The third-order valence-corrected chi connectivity index (χ3v) is 5.13. The summed E-state index contributed by atoms with van der Waals surface area (Å²) in [6.07, 6.45) is 1.56. The van der Waals surface area contributed by atoms with E-state index in [0.717, 1.165) is 12.8 Å². The fraction of sp³-hybridized carbons (Fsp3) is 0.471. The van der Waals surface area contributed by atoms with Crippen molar-refractivity contribution in [2.24, 2.45) is 0 Å². The topological polar surface area (TPSA) is 73.0 Å². The largest absolute Gasteiger partial charge is 0.329 e. The number of nitrogens with zero attached hydrogens (tertiary/aromatic N) is 3. The highest BCUT2D eigenvalue weighted by Crippen LogP contribution is 2.29. The minimum atomic E-state index is -0.617. The van der Waals surface area contributed by atoms with E-state index in [1.807, 2.05) is 0 Å². The minimum absolute atomic E-state index is 0.00714. The fourth-order valence-electron chi connectivity index (χ4n) is 3.88. The predicted molar refractivity (Wildman–Crippen MR) is 87.2 cm³/mol. The zero-order valence-corrected chi connectivity index (χ0v) is 13.7. The highest BCUT2D eigenvalue weighted by Gasteiger charge is 2.49. The highest BCUT2D eigenvalue weighted by molar-refractivity contribution is 5.98. The second kappa shape index (κ2) is 6.02. The Kier molecular flexibility index (Phi) is 3.82. The number of carbonyl (C=O) groups is 3. The van der Waals surface area contributed by atoms with Gasteiger partial charge < -0.3 is 20.0 Å². The van der Waals surface area contributed by atoms with Crippen molar-refractivity contribution in [3.8, 4) is 0 Å². The number of halogens is 1. The maximum Gasteiger partial charge on any atom is 0.321 e. The van der Waals surface area contributed by atoms with Gasteiger partial charge in [-0.25, -0.2) is 9.18 Å². The van der Waals surface area contributed by atoms with Crippen LogP contribution in [0.3, 0.4) is 0 Å². The van der Waals surface area contributed by atoms with Gasteiger partial charge in [0.05, 0.1) is 6.54 Å². The van der Waals surface area contributed by atoms with Crippen LogP contribution in [0.5, 0.6) is 0 Å². The van der Waals surface area contributed by atoms with Crippen molar-refractivity contribution < 1.29 is 18.8 Å². The van der Waals surface area contributed by atoms with Gasteiger partial charge in [-0.1, -0.05) is 6.07 Å². The summed E-state index contributed by atoms with van der Waals surface area (Å²) in [6, 6.07) is 4.31. The molecule has 0 radical (unpaired) electrons. The molecule has 3 fully saturated rings. The van der Waals surface area contributed by atoms with E-state index in [0.29, 0.717) is 25.3 Å². The van der Waals surface area contributed by atoms with Gasteiger partial charge in [-0.05, 0) is 31.0 Å². The van der Waals surface area contributed by atoms with Crippen molar-refractivity contribution in [3.05, 3.63) is 30.1 Å². The quantitative estimate of drug-likeness (QED) is 0.820. The summed E-state index contributed by atoms with van der Waals surface area (Å²) in [5, 5.41) is 2.64. The number of hydrogen-bond acceptors (Lipinski definition) is 3. The summed E-state index contributed by atoms with van der Waals surface area (Å²) in [4.78, 5) is 42.4. The first kappa shape index (κ1) is 15.9. The van der Waals surface area contributed by atoms with Crippen LogP contribution in [0, 0.1) is 5.82 Å². The second-order valence-corrected chi connectivity index (χ2v) is 6.62. The molecule has 0 bridgehead atoms. The lowest BCUT2D eigenvalue weighted by Gasteiger charge is -2.47. The number of amides is 4. The van der Waals surface area contributed by atoms with E-state index in [-0.39, 0.29) is 24.4 Å². The van der Waals surface area contributed by atoms with Gasteiger partial charge >= 0.3 is 6.03 Å². The van der Waals surface area contributed by atoms with E-state index >= 15 is 0 Å². The van der Waals surface area contributed by atoms with Crippen LogP contribution in [0.25, 0.3) is 0 Å². The Morgan fingerprint density at radius 2 is 1.84 bits per heavy atom. The van der Waals surface area contributed by atoms with E-state index in [1.165, 1.54) is 23.1 Å². The third kappa shape index (κ3) is 2.71. The molecule has 1 N–H and O–H groups in total. The van der Waals surface area contributed by atoms with Crippen LogP contribution in [0.2, 0.25) is 0 Å². The van der Waals surface area contributed by atoms with E-state index in [1.54, 1.807) is 15.9 Å². The number of anilines is 1. The van der Waals surface area contributed by atoms with Crippen molar-refractivity contribution >= 4 is 23.5 Å². The molecule has 0 aliphatic carbocycles. The monoisotopic (exact) mass is 346 g/mol. The number of rotatable bonds is 1. The van der Waals surface area contributed by atoms with Gasteiger partial charge in [-0.3, -0.25) is 9.59 Å². The average molecular weight is 346 g/mol. The normalized spacial score (nSPS) is 25.7. The zero-order valence-electron chi connectivity index (χ0n) is 13.7. The molecule has 3 aliphatic rings. The van der Waals surface area contributed by atoms with Crippen LogP contribution in [-0.2, 0) is 9.59 Å².